The van der Waals surface area contributed by atoms with Gasteiger partial charge in [-0.15, -0.1) is 0 Å². The first-order chi connectivity index (χ1) is 10.7. The van der Waals surface area contributed by atoms with Gasteiger partial charge in [-0.1, -0.05) is 29.3 Å². The Kier molecular flexibility index (Phi) is 4.01. The Morgan fingerprint density at radius 2 is 1.96 bits per heavy atom. The van der Waals surface area contributed by atoms with Crippen LogP contribution in [0.5, 0.6) is 0 Å². The summed E-state index contributed by atoms with van der Waals surface area (Å²) in [5.74, 6) is 0. The smallest absolute Gasteiger partial charge is 0.410 e. The first kappa shape index (κ1) is 16.5. The van der Waals surface area contributed by atoms with Gasteiger partial charge in [-0.05, 0) is 26.8 Å². The molecule has 2 aromatic rings. The average molecular weight is 355 g/mol. The lowest BCUT2D eigenvalue weighted by atomic mass is 10.0. The van der Waals surface area contributed by atoms with Gasteiger partial charge in [-0.2, -0.15) is 0 Å². The molecule has 0 fully saturated rings. The zero-order valence-electron chi connectivity index (χ0n) is 13.7. The molecule has 4 nitrogen and oxygen atoms in total. The van der Waals surface area contributed by atoms with Crippen LogP contribution in [0.3, 0.4) is 0 Å². The van der Waals surface area contributed by atoms with E-state index in [4.69, 9.17) is 27.9 Å². The number of carbonyl (C=O) groups is 1. The van der Waals surface area contributed by atoms with Gasteiger partial charge >= 0.3 is 6.09 Å². The molecule has 1 amide bonds. The molecule has 0 unspecified atom stereocenters. The van der Waals surface area contributed by atoms with Gasteiger partial charge in [0.2, 0.25) is 0 Å². The van der Waals surface area contributed by atoms with Crippen LogP contribution >= 0.6 is 23.2 Å². The minimum absolute atomic E-state index is 0.278. The van der Waals surface area contributed by atoms with E-state index in [2.05, 4.69) is 4.57 Å². The van der Waals surface area contributed by atoms with Crippen LogP contribution in [-0.4, -0.2) is 27.7 Å². The number of ether oxygens (including phenoxy) is 1. The summed E-state index contributed by atoms with van der Waals surface area (Å²) in [6, 6.07) is 3.78. The summed E-state index contributed by atoms with van der Waals surface area (Å²) in [6.45, 7) is 6.79. The van der Waals surface area contributed by atoms with Gasteiger partial charge in [0, 0.05) is 36.7 Å². The van der Waals surface area contributed by atoms with Gasteiger partial charge < -0.3 is 14.2 Å². The van der Waals surface area contributed by atoms with E-state index in [9.17, 15) is 4.79 Å². The van der Waals surface area contributed by atoms with Gasteiger partial charge in [0.1, 0.15) is 5.60 Å². The Balaban J connectivity index is 2.00. The van der Waals surface area contributed by atoms with Crippen molar-refractivity contribution in [3.8, 4) is 0 Å². The van der Waals surface area contributed by atoms with Crippen molar-refractivity contribution in [2.24, 2.45) is 7.05 Å². The molecule has 1 aromatic heterocycles. The van der Waals surface area contributed by atoms with E-state index in [-0.39, 0.29) is 6.09 Å². The lowest BCUT2D eigenvalue weighted by Gasteiger charge is -2.30. The van der Waals surface area contributed by atoms with E-state index in [1.54, 1.807) is 11.0 Å². The van der Waals surface area contributed by atoms with Gasteiger partial charge in [0.25, 0.3) is 0 Å². The predicted molar refractivity (Wildman–Crippen MR) is 93.3 cm³/mol. The molecule has 0 N–H and O–H groups in total. The molecule has 1 aliphatic rings. The molecular formula is C17H20Cl2N2O2. The van der Waals surface area contributed by atoms with Gasteiger partial charge in [0.15, 0.2) is 0 Å². The predicted octanol–water partition coefficient (Wildman–Crippen LogP) is 4.78. The monoisotopic (exact) mass is 354 g/mol. The average Bonchev–Trinajstić information content (AvgIpc) is 2.74. The molecule has 0 spiro atoms. The lowest BCUT2D eigenvalue weighted by Crippen LogP contribution is -2.40. The number of fused-ring (bicyclic) bond motifs is 3. The fourth-order valence-electron chi connectivity index (χ4n) is 3.09. The van der Waals surface area contributed by atoms with Crippen LogP contribution in [0.4, 0.5) is 4.79 Å². The van der Waals surface area contributed by atoms with Crippen LogP contribution in [0.25, 0.3) is 10.9 Å². The van der Waals surface area contributed by atoms with Crippen LogP contribution < -0.4 is 0 Å². The highest BCUT2D eigenvalue weighted by Gasteiger charge is 2.29. The SMILES string of the molecule is Cn1c2c(c3ccc(Cl)c(Cl)c31)CN(C(=O)OC(C)(C)C)CC2. The highest BCUT2D eigenvalue weighted by atomic mass is 35.5. The molecule has 0 saturated heterocycles. The molecule has 1 aromatic carbocycles. The highest BCUT2D eigenvalue weighted by Crippen LogP contribution is 2.37. The first-order valence-electron chi connectivity index (χ1n) is 7.61. The quantitative estimate of drug-likeness (QED) is 0.682. The molecule has 0 radical (unpaired) electrons. The molecule has 23 heavy (non-hydrogen) atoms. The second-order valence-corrected chi connectivity index (χ2v) is 7.68. The van der Waals surface area contributed by atoms with Crippen LogP contribution in [0.1, 0.15) is 32.0 Å². The number of halogens is 2. The number of carbonyl (C=O) groups excluding carboxylic acids is 1. The Bertz CT molecular complexity index is 790. The summed E-state index contributed by atoms with van der Waals surface area (Å²) in [6.07, 6.45) is 0.494. The largest absolute Gasteiger partial charge is 0.444 e. The van der Waals surface area contributed by atoms with Crippen molar-refractivity contribution >= 4 is 40.2 Å². The molecule has 0 bridgehead atoms. The minimum atomic E-state index is -0.493. The third-order valence-electron chi connectivity index (χ3n) is 4.10. The molecule has 3 rings (SSSR count). The highest BCUT2D eigenvalue weighted by molar-refractivity contribution is 6.45. The molecule has 0 saturated carbocycles. The Labute approximate surface area is 145 Å². The Morgan fingerprint density at radius 3 is 2.61 bits per heavy atom. The Morgan fingerprint density at radius 1 is 1.26 bits per heavy atom. The minimum Gasteiger partial charge on any atom is -0.444 e. The van der Waals surface area contributed by atoms with Crippen molar-refractivity contribution in [3.05, 3.63) is 33.4 Å². The van der Waals surface area contributed by atoms with Crippen molar-refractivity contribution in [1.29, 1.82) is 0 Å². The Hall–Kier alpha value is -1.39. The summed E-state index contributed by atoms with van der Waals surface area (Å²) in [5, 5.41) is 2.15. The van der Waals surface area contributed by atoms with Crippen molar-refractivity contribution in [3.63, 3.8) is 0 Å². The zero-order chi connectivity index (χ0) is 16.9. The molecule has 6 heteroatoms. The third-order valence-corrected chi connectivity index (χ3v) is 4.90. The molecule has 2 heterocycles. The number of nitrogens with zero attached hydrogens (tertiary/aromatic N) is 2. The third kappa shape index (κ3) is 2.90. The topological polar surface area (TPSA) is 34.5 Å². The molecule has 0 aliphatic carbocycles. The number of hydrogen-bond donors (Lipinski definition) is 0. The summed E-state index contributed by atoms with van der Waals surface area (Å²) in [7, 11) is 1.99. The van der Waals surface area contributed by atoms with Crippen molar-refractivity contribution in [2.75, 3.05) is 6.54 Å². The number of amides is 1. The van der Waals surface area contributed by atoms with Crippen molar-refractivity contribution in [2.45, 2.75) is 39.3 Å². The van der Waals surface area contributed by atoms with Crippen molar-refractivity contribution in [1.82, 2.24) is 9.47 Å². The number of benzene rings is 1. The number of aromatic nitrogens is 1. The van der Waals surface area contributed by atoms with E-state index in [1.165, 1.54) is 5.69 Å². The fraction of sp³-hybridized carbons (Fsp3) is 0.471. The summed E-state index contributed by atoms with van der Waals surface area (Å²) in [5.41, 5.74) is 2.75. The van der Waals surface area contributed by atoms with Crippen LogP contribution in [-0.2, 0) is 24.8 Å². The number of aryl methyl sites for hydroxylation is 1. The van der Waals surface area contributed by atoms with E-state index in [1.807, 2.05) is 33.9 Å². The van der Waals surface area contributed by atoms with Crippen LogP contribution in [0.15, 0.2) is 12.1 Å². The second-order valence-electron chi connectivity index (χ2n) is 6.89. The van der Waals surface area contributed by atoms with Gasteiger partial charge in [-0.3, -0.25) is 0 Å². The van der Waals surface area contributed by atoms with E-state index in [0.717, 1.165) is 22.9 Å². The lowest BCUT2D eigenvalue weighted by molar-refractivity contribution is 0.0223. The van der Waals surface area contributed by atoms with Gasteiger partial charge in [0.05, 0.1) is 22.1 Å². The van der Waals surface area contributed by atoms with Crippen LogP contribution in [0, 0.1) is 0 Å². The summed E-state index contributed by atoms with van der Waals surface area (Å²) in [4.78, 5) is 14.1. The summed E-state index contributed by atoms with van der Waals surface area (Å²) < 4.78 is 7.58. The van der Waals surface area contributed by atoms with Gasteiger partial charge in [-0.25, -0.2) is 4.79 Å². The van der Waals surface area contributed by atoms with E-state index < -0.39 is 5.60 Å². The maximum Gasteiger partial charge on any atom is 0.410 e. The normalized spacial score (nSPS) is 15.0. The standard InChI is InChI=1S/C17H20Cl2N2O2/c1-17(2,3)23-16(22)21-8-7-13-11(9-21)10-5-6-12(18)14(19)15(10)20(13)4/h5-6H,7-9H2,1-4H3. The molecule has 124 valence electrons. The zero-order valence-corrected chi connectivity index (χ0v) is 15.3. The van der Waals surface area contributed by atoms with E-state index in [0.29, 0.717) is 23.1 Å². The number of rotatable bonds is 0. The molecular weight excluding hydrogens is 335 g/mol. The molecule has 1 aliphatic heterocycles. The van der Waals surface area contributed by atoms with Crippen molar-refractivity contribution < 1.29 is 9.53 Å². The second kappa shape index (κ2) is 5.60. The summed E-state index contributed by atoms with van der Waals surface area (Å²) >= 11 is 12.5. The first-order valence-corrected chi connectivity index (χ1v) is 8.36. The van der Waals surface area contributed by atoms with E-state index >= 15 is 0 Å². The fourth-order valence-corrected chi connectivity index (χ4v) is 3.54. The molecule has 0 atom stereocenters. The maximum absolute atomic E-state index is 12.3. The maximum atomic E-state index is 12.3. The van der Waals surface area contributed by atoms with Crippen LogP contribution in [0.2, 0.25) is 10.0 Å². The number of hydrogen-bond acceptors (Lipinski definition) is 2.